The molecule has 0 aromatic heterocycles. The van der Waals surface area contributed by atoms with E-state index in [0.29, 0.717) is 24.5 Å². The Morgan fingerprint density at radius 1 is 1.43 bits per heavy atom. The maximum atomic E-state index is 10.7. The van der Waals surface area contributed by atoms with Crippen LogP contribution in [0.3, 0.4) is 0 Å². The monoisotopic (exact) mass is 258 g/mol. The van der Waals surface area contributed by atoms with E-state index in [0.717, 1.165) is 10.8 Å². The van der Waals surface area contributed by atoms with Gasteiger partial charge in [-0.1, -0.05) is 6.07 Å². The molecule has 1 aromatic rings. The van der Waals surface area contributed by atoms with Crippen molar-refractivity contribution in [2.75, 3.05) is 20.3 Å². The average Bonchev–Trinajstić information content (AvgIpc) is 2.20. The van der Waals surface area contributed by atoms with Gasteiger partial charge in [-0.25, -0.2) is 0 Å². The molecule has 3 nitrogen and oxygen atoms in total. The molecule has 0 saturated carbocycles. The lowest BCUT2D eigenvalue weighted by Crippen LogP contribution is -2.06. The molecule has 0 saturated heterocycles. The Bertz CT molecular complexity index is 312. The summed E-state index contributed by atoms with van der Waals surface area (Å²) in [6.07, 6.45) is 0.771. The number of carbonyl (C=O) groups is 1. The smallest absolute Gasteiger partial charge is 0.153 e. The topological polar surface area (TPSA) is 35.5 Å². The van der Waals surface area contributed by atoms with E-state index in [9.17, 15) is 4.79 Å². The lowest BCUT2D eigenvalue weighted by molar-refractivity contribution is 0.111. The summed E-state index contributed by atoms with van der Waals surface area (Å²) in [7, 11) is 1.60. The largest absolute Gasteiger partial charge is 0.489 e. The van der Waals surface area contributed by atoms with Gasteiger partial charge in [0.15, 0.2) is 6.29 Å². The summed E-state index contributed by atoms with van der Waals surface area (Å²) in [5, 5.41) is 0. The van der Waals surface area contributed by atoms with Gasteiger partial charge in [-0.3, -0.25) is 4.79 Å². The van der Waals surface area contributed by atoms with Crippen LogP contribution in [-0.2, 0) is 4.74 Å². The molecule has 0 fully saturated rings. The molecule has 0 aliphatic rings. The number of methoxy groups -OCH3 is 1. The van der Waals surface area contributed by atoms with Crippen LogP contribution < -0.4 is 4.74 Å². The van der Waals surface area contributed by atoms with Crippen molar-refractivity contribution in [1.82, 2.24) is 0 Å². The highest BCUT2D eigenvalue weighted by Crippen LogP contribution is 2.27. The first-order valence-electron chi connectivity index (χ1n) is 4.15. The van der Waals surface area contributed by atoms with E-state index in [1.807, 2.05) is 6.07 Å². The molecule has 0 aliphatic heterocycles. The van der Waals surface area contributed by atoms with E-state index in [-0.39, 0.29) is 0 Å². The van der Waals surface area contributed by atoms with E-state index in [1.54, 1.807) is 19.2 Å². The molecule has 0 radical (unpaired) electrons. The summed E-state index contributed by atoms with van der Waals surface area (Å²) in [5.74, 6) is 0.569. The van der Waals surface area contributed by atoms with Crippen LogP contribution >= 0.6 is 15.9 Å². The molecule has 0 aliphatic carbocycles. The molecule has 76 valence electrons. The van der Waals surface area contributed by atoms with E-state index in [2.05, 4.69) is 15.9 Å². The van der Waals surface area contributed by atoms with Crippen molar-refractivity contribution in [3.05, 3.63) is 28.2 Å². The van der Waals surface area contributed by atoms with Gasteiger partial charge in [0.25, 0.3) is 0 Å². The number of ether oxygens (including phenoxy) is 2. The summed E-state index contributed by atoms with van der Waals surface area (Å²) < 4.78 is 11.0. The minimum atomic E-state index is 0.431. The van der Waals surface area contributed by atoms with Gasteiger partial charge in [-0.2, -0.15) is 0 Å². The molecule has 4 heteroatoms. The third kappa shape index (κ3) is 2.82. The minimum absolute atomic E-state index is 0.431. The first-order chi connectivity index (χ1) is 6.79. The molecular formula is C10H11BrO3. The molecule has 0 amide bonds. The van der Waals surface area contributed by atoms with Crippen LogP contribution in [-0.4, -0.2) is 26.6 Å². The van der Waals surface area contributed by atoms with Crippen molar-refractivity contribution >= 4 is 22.2 Å². The first-order valence-corrected chi connectivity index (χ1v) is 4.94. The Balaban J connectivity index is 2.77. The van der Waals surface area contributed by atoms with Crippen molar-refractivity contribution in [3.8, 4) is 5.75 Å². The van der Waals surface area contributed by atoms with Crippen molar-refractivity contribution in [1.29, 1.82) is 0 Å². The number of hydrogen-bond donors (Lipinski definition) is 0. The SMILES string of the molecule is COCCOc1c(Br)cccc1C=O. The number of aldehydes is 1. The van der Waals surface area contributed by atoms with E-state index < -0.39 is 0 Å². The van der Waals surface area contributed by atoms with E-state index in [4.69, 9.17) is 9.47 Å². The Morgan fingerprint density at radius 2 is 2.21 bits per heavy atom. The second kappa shape index (κ2) is 5.78. The Kier molecular flexibility index (Phi) is 4.62. The van der Waals surface area contributed by atoms with Crippen LogP contribution in [0.5, 0.6) is 5.75 Å². The number of hydrogen-bond acceptors (Lipinski definition) is 3. The van der Waals surface area contributed by atoms with Gasteiger partial charge in [-0.05, 0) is 28.1 Å². The van der Waals surface area contributed by atoms with Crippen LogP contribution in [0.1, 0.15) is 10.4 Å². The fourth-order valence-corrected chi connectivity index (χ4v) is 1.49. The third-order valence-corrected chi connectivity index (χ3v) is 2.28. The lowest BCUT2D eigenvalue weighted by Gasteiger charge is -2.09. The normalized spacial score (nSPS) is 9.86. The Morgan fingerprint density at radius 3 is 2.86 bits per heavy atom. The average molecular weight is 259 g/mol. The highest BCUT2D eigenvalue weighted by atomic mass is 79.9. The number of rotatable bonds is 5. The summed E-state index contributed by atoms with van der Waals surface area (Å²) >= 11 is 3.32. The number of carbonyl (C=O) groups excluding carboxylic acids is 1. The number of halogens is 1. The van der Waals surface area contributed by atoms with Gasteiger partial charge in [0, 0.05) is 7.11 Å². The predicted octanol–water partition coefficient (Wildman–Crippen LogP) is 2.29. The quantitative estimate of drug-likeness (QED) is 0.601. The number of para-hydroxylation sites is 1. The molecule has 0 unspecified atom stereocenters. The maximum Gasteiger partial charge on any atom is 0.153 e. The van der Waals surface area contributed by atoms with Crippen molar-refractivity contribution < 1.29 is 14.3 Å². The second-order valence-electron chi connectivity index (χ2n) is 2.62. The van der Waals surface area contributed by atoms with Gasteiger partial charge in [-0.15, -0.1) is 0 Å². The summed E-state index contributed by atoms with van der Waals surface area (Å²) in [5.41, 5.74) is 0.537. The second-order valence-corrected chi connectivity index (χ2v) is 3.47. The fourth-order valence-electron chi connectivity index (χ4n) is 0.998. The minimum Gasteiger partial charge on any atom is -0.489 e. The van der Waals surface area contributed by atoms with Crippen molar-refractivity contribution in [3.63, 3.8) is 0 Å². The predicted molar refractivity (Wildman–Crippen MR) is 56.9 cm³/mol. The van der Waals surface area contributed by atoms with Gasteiger partial charge >= 0.3 is 0 Å². The van der Waals surface area contributed by atoms with Gasteiger partial charge < -0.3 is 9.47 Å². The van der Waals surface area contributed by atoms with Gasteiger partial charge in [0.1, 0.15) is 12.4 Å². The molecule has 1 rings (SSSR count). The summed E-state index contributed by atoms with van der Waals surface area (Å²) in [6.45, 7) is 0.930. The van der Waals surface area contributed by atoms with Gasteiger partial charge in [0.2, 0.25) is 0 Å². The lowest BCUT2D eigenvalue weighted by atomic mass is 10.2. The molecule has 0 spiro atoms. The summed E-state index contributed by atoms with van der Waals surface area (Å²) in [4.78, 5) is 10.7. The molecule has 14 heavy (non-hydrogen) atoms. The molecule has 0 atom stereocenters. The fraction of sp³-hybridized carbons (Fsp3) is 0.300. The Hall–Kier alpha value is -0.870. The zero-order valence-electron chi connectivity index (χ0n) is 7.83. The molecule has 0 heterocycles. The molecular weight excluding hydrogens is 248 g/mol. The molecule has 0 bridgehead atoms. The van der Waals surface area contributed by atoms with Crippen molar-refractivity contribution in [2.24, 2.45) is 0 Å². The van der Waals surface area contributed by atoms with E-state index >= 15 is 0 Å². The van der Waals surface area contributed by atoms with Crippen LogP contribution in [0.25, 0.3) is 0 Å². The zero-order chi connectivity index (χ0) is 10.4. The van der Waals surface area contributed by atoms with E-state index in [1.165, 1.54) is 0 Å². The van der Waals surface area contributed by atoms with Crippen LogP contribution in [0.4, 0.5) is 0 Å². The zero-order valence-corrected chi connectivity index (χ0v) is 9.41. The molecule has 1 aromatic carbocycles. The first kappa shape index (κ1) is 11.2. The van der Waals surface area contributed by atoms with Crippen LogP contribution in [0, 0.1) is 0 Å². The van der Waals surface area contributed by atoms with Gasteiger partial charge in [0.05, 0.1) is 16.6 Å². The number of benzene rings is 1. The molecule has 0 N–H and O–H groups in total. The van der Waals surface area contributed by atoms with Crippen LogP contribution in [0.15, 0.2) is 22.7 Å². The third-order valence-electron chi connectivity index (χ3n) is 1.66. The summed E-state index contributed by atoms with van der Waals surface area (Å²) in [6, 6.07) is 5.33. The standard InChI is InChI=1S/C10H11BrO3/c1-13-5-6-14-10-8(7-12)3-2-4-9(10)11/h2-4,7H,5-6H2,1H3. The van der Waals surface area contributed by atoms with Crippen LogP contribution in [0.2, 0.25) is 0 Å². The highest BCUT2D eigenvalue weighted by molar-refractivity contribution is 9.10. The van der Waals surface area contributed by atoms with Crippen molar-refractivity contribution in [2.45, 2.75) is 0 Å². The maximum absolute atomic E-state index is 10.7. The highest BCUT2D eigenvalue weighted by Gasteiger charge is 2.06. The Labute approximate surface area is 91.1 Å².